The maximum Gasteiger partial charge on any atom is 0.0545 e. The van der Waals surface area contributed by atoms with Gasteiger partial charge >= 0.3 is 0 Å². The summed E-state index contributed by atoms with van der Waals surface area (Å²) in [5, 5.41) is 6.47. The zero-order chi connectivity index (χ0) is 12.8. The second kappa shape index (κ2) is 6.88. The number of nitrogens with zero attached hydrogens (tertiary/aromatic N) is 1. The Kier molecular flexibility index (Phi) is 5.17. The predicted octanol–water partition coefficient (Wildman–Crippen LogP) is 4.08. The molecular formula is C14H17ClN2S. The van der Waals surface area contributed by atoms with Crippen LogP contribution >= 0.6 is 22.9 Å². The van der Waals surface area contributed by atoms with Gasteiger partial charge in [-0.1, -0.05) is 24.6 Å². The van der Waals surface area contributed by atoms with Crippen molar-refractivity contribution in [3.05, 3.63) is 51.4 Å². The Balaban J connectivity index is 2.13. The molecular weight excluding hydrogens is 264 g/mol. The maximum atomic E-state index is 6.17. The number of nitrogens with one attached hydrogen (secondary N) is 1. The van der Waals surface area contributed by atoms with Crippen LogP contribution < -0.4 is 5.32 Å². The molecule has 2 nitrogen and oxygen atoms in total. The van der Waals surface area contributed by atoms with E-state index in [0.29, 0.717) is 0 Å². The first kappa shape index (κ1) is 13.5. The summed E-state index contributed by atoms with van der Waals surface area (Å²) in [6.07, 6.45) is 5.77. The van der Waals surface area contributed by atoms with Crippen molar-refractivity contribution in [3.63, 3.8) is 0 Å². The van der Waals surface area contributed by atoms with Crippen LogP contribution in [0.3, 0.4) is 0 Å². The van der Waals surface area contributed by atoms with Crippen LogP contribution in [0.5, 0.6) is 0 Å². The Labute approximate surface area is 117 Å². The van der Waals surface area contributed by atoms with Crippen molar-refractivity contribution < 1.29 is 0 Å². The SMILES string of the molecule is CCCNC(Cc1sccc1Cl)c1cccnc1. The van der Waals surface area contributed by atoms with Crippen molar-refractivity contribution in [2.45, 2.75) is 25.8 Å². The van der Waals surface area contributed by atoms with Crippen molar-refractivity contribution >= 4 is 22.9 Å². The molecule has 18 heavy (non-hydrogen) atoms. The lowest BCUT2D eigenvalue weighted by atomic mass is 10.0. The Bertz CT molecular complexity index is 470. The third-order valence-corrected chi connectivity index (χ3v) is 4.22. The highest BCUT2D eigenvalue weighted by Gasteiger charge is 2.14. The minimum absolute atomic E-state index is 0.287. The van der Waals surface area contributed by atoms with E-state index in [0.717, 1.165) is 24.4 Å². The molecule has 1 N–H and O–H groups in total. The summed E-state index contributed by atoms with van der Waals surface area (Å²) in [6.45, 7) is 3.17. The van der Waals surface area contributed by atoms with E-state index in [1.165, 1.54) is 10.4 Å². The van der Waals surface area contributed by atoms with Crippen LogP contribution in [0.1, 0.15) is 29.8 Å². The van der Waals surface area contributed by atoms with Gasteiger partial charge in [0.2, 0.25) is 0 Å². The van der Waals surface area contributed by atoms with Gasteiger partial charge in [0.05, 0.1) is 5.02 Å². The third kappa shape index (κ3) is 3.55. The van der Waals surface area contributed by atoms with E-state index in [4.69, 9.17) is 11.6 Å². The summed E-state index contributed by atoms with van der Waals surface area (Å²) in [6, 6.07) is 6.34. The van der Waals surface area contributed by atoms with Crippen LogP contribution in [0.15, 0.2) is 36.0 Å². The zero-order valence-corrected chi connectivity index (χ0v) is 12.0. The molecule has 0 amide bonds. The van der Waals surface area contributed by atoms with Crippen LogP contribution in [-0.2, 0) is 6.42 Å². The molecule has 0 radical (unpaired) electrons. The van der Waals surface area contributed by atoms with Crippen LogP contribution in [0.2, 0.25) is 5.02 Å². The highest BCUT2D eigenvalue weighted by Crippen LogP contribution is 2.27. The first-order valence-electron chi connectivity index (χ1n) is 6.16. The predicted molar refractivity (Wildman–Crippen MR) is 78.3 cm³/mol. The fourth-order valence-electron chi connectivity index (χ4n) is 1.86. The number of aromatic nitrogens is 1. The van der Waals surface area contributed by atoms with E-state index in [1.807, 2.05) is 23.7 Å². The van der Waals surface area contributed by atoms with Gasteiger partial charge in [-0.3, -0.25) is 4.98 Å². The second-order valence-corrected chi connectivity index (χ2v) is 5.60. The van der Waals surface area contributed by atoms with E-state index in [1.54, 1.807) is 17.5 Å². The number of pyridine rings is 1. The maximum absolute atomic E-state index is 6.17. The lowest BCUT2D eigenvalue weighted by molar-refractivity contribution is 0.531. The molecule has 2 heterocycles. The number of hydrogen-bond donors (Lipinski definition) is 1. The summed E-state index contributed by atoms with van der Waals surface area (Å²) in [5.41, 5.74) is 1.22. The van der Waals surface area contributed by atoms with Gasteiger partial charge < -0.3 is 5.32 Å². The molecule has 2 aromatic rings. The van der Waals surface area contributed by atoms with Gasteiger partial charge in [0.15, 0.2) is 0 Å². The first-order valence-corrected chi connectivity index (χ1v) is 7.42. The fourth-order valence-corrected chi connectivity index (χ4v) is 3.03. The number of thiophene rings is 1. The summed E-state index contributed by atoms with van der Waals surface area (Å²) < 4.78 is 0. The van der Waals surface area contributed by atoms with Gasteiger partial charge in [0.25, 0.3) is 0 Å². The molecule has 0 bridgehead atoms. The van der Waals surface area contributed by atoms with Crippen LogP contribution in [-0.4, -0.2) is 11.5 Å². The fraction of sp³-hybridized carbons (Fsp3) is 0.357. The van der Waals surface area contributed by atoms with E-state index >= 15 is 0 Å². The van der Waals surface area contributed by atoms with Crippen LogP contribution in [0.25, 0.3) is 0 Å². The van der Waals surface area contributed by atoms with Crippen molar-refractivity contribution in [2.75, 3.05) is 6.54 Å². The average Bonchev–Trinajstić information content (AvgIpc) is 2.81. The molecule has 4 heteroatoms. The average molecular weight is 281 g/mol. The highest BCUT2D eigenvalue weighted by atomic mass is 35.5. The summed E-state index contributed by atoms with van der Waals surface area (Å²) in [4.78, 5) is 5.43. The van der Waals surface area contributed by atoms with Crippen LogP contribution in [0, 0.1) is 0 Å². The van der Waals surface area contributed by atoms with Gasteiger partial charge in [0.1, 0.15) is 0 Å². The standard InChI is InChI=1S/C14H17ClN2S/c1-2-6-17-13(11-4-3-7-16-10-11)9-14-12(15)5-8-18-14/h3-5,7-8,10,13,17H,2,6,9H2,1H3. The second-order valence-electron chi connectivity index (χ2n) is 4.19. The molecule has 0 fully saturated rings. The molecule has 1 atom stereocenters. The minimum atomic E-state index is 0.287. The van der Waals surface area contributed by atoms with Crippen molar-refractivity contribution in [1.29, 1.82) is 0 Å². The van der Waals surface area contributed by atoms with E-state index in [9.17, 15) is 0 Å². The molecule has 0 saturated carbocycles. The molecule has 0 aromatic carbocycles. The molecule has 0 saturated heterocycles. The third-order valence-electron chi connectivity index (χ3n) is 2.81. The molecule has 0 aliphatic heterocycles. The van der Waals surface area contributed by atoms with E-state index in [-0.39, 0.29) is 6.04 Å². The zero-order valence-electron chi connectivity index (χ0n) is 10.4. The molecule has 1 unspecified atom stereocenters. The molecule has 2 aromatic heterocycles. The topological polar surface area (TPSA) is 24.9 Å². The van der Waals surface area contributed by atoms with Gasteiger partial charge in [-0.15, -0.1) is 11.3 Å². The molecule has 2 rings (SSSR count). The Morgan fingerprint density at radius 1 is 1.44 bits per heavy atom. The highest BCUT2D eigenvalue weighted by molar-refractivity contribution is 7.10. The quantitative estimate of drug-likeness (QED) is 0.862. The summed E-state index contributed by atoms with van der Waals surface area (Å²) in [7, 11) is 0. The van der Waals surface area contributed by atoms with Crippen LogP contribution in [0.4, 0.5) is 0 Å². The largest absolute Gasteiger partial charge is 0.310 e. The smallest absolute Gasteiger partial charge is 0.0545 e. The van der Waals surface area contributed by atoms with Crippen molar-refractivity contribution in [1.82, 2.24) is 10.3 Å². The monoisotopic (exact) mass is 280 g/mol. The van der Waals surface area contributed by atoms with E-state index < -0.39 is 0 Å². The van der Waals surface area contributed by atoms with E-state index in [2.05, 4.69) is 23.3 Å². The first-order chi connectivity index (χ1) is 8.81. The Hall–Kier alpha value is -0.900. The van der Waals surface area contributed by atoms with Gasteiger partial charge in [0, 0.05) is 29.7 Å². The van der Waals surface area contributed by atoms with Gasteiger partial charge in [-0.25, -0.2) is 0 Å². The molecule has 96 valence electrons. The summed E-state index contributed by atoms with van der Waals surface area (Å²) in [5.74, 6) is 0. The number of halogens is 1. The Morgan fingerprint density at radius 2 is 2.33 bits per heavy atom. The summed E-state index contributed by atoms with van der Waals surface area (Å²) >= 11 is 7.89. The van der Waals surface area contributed by atoms with Crippen molar-refractivity contribution in [2.24, 2.45) is 0 Å². The number of rotatable bonds is 6. The Morgan fingerprint density at radius 3 is 2.94 bits per heavy atom. The normalized spacial score (nSPS) is 12.6. The molecule has 0 aliphatic rings. The lowest BCUT2D eigenvalue weighted by Gasteiger charge is -2.18. The lowest BCUT2D eigenvalue weighted by Crippen LogP contribution is -2.24. The molecule has 0 aliphatic carbocycles. The van der Waals surface area contributed by atoms with Gasteiger partial charge in [-0.05, 0) is 36.0 Å². The minimum Gasteiger partial charge on any atom is -0.310 e. The number of hydrogen-bond acceptors (Lipinski definition) is 3. The van der Waals surface area contributed by atoms with Gasteiger partial charge in [-0.2, -0.15) is 0 Å². The molecule has 0 spiro atoms. The van der Waals surface area contributed by atoms with Crippen molar-refractivity contribution in [3.8, 4) is 0 Å².